The Hall–Kier alpha value is -1.95. The van der Waals surface area contributed by atoms with E-state index in [2.05, 4.69) is 33.0 Å². The highest BCUT2D eigenvalue weighted by molar-refractivity contribution is 5.51. The van der Waals surface area contributed by atoms with Crippen molar-refractivity contribution in [1.82, 2.24) is 15.1 Å². The van der Waals surface area contributed by atoms with Crippen LogP contribution < -0.4 is 4.90 Å². The molecule has 0 spiro atoms. The van der Waals surface area contributed by atoms with Crippen molar-refractivity contribution >= 4 is 5.69 Å². The van der Waals surface area contributed by atoms with Gasteiger partial charge < -0.3 is 14.2 Å². The number of rotatable bonds is 4. The van der Waals surface area contributed by atoms with Crippen molar-refractivity contribution in [2.24, 2.45) is 0 Å². The molecule has 0 radical (unpaired) electrons. The molecule has 0 aromatic carbocycles. The second-order valence-electron chi connectivity index (χ2n) is 6.81. The van der Waals surface area contributed by atoms with Crippen LogP contribution in [-0.2, 0) is 11.2 Å². The number of ether oxygens (including phenoxy) is 1. The van der Waals surface area contributed by atoms with Crippen LogP contribution in [0.1, 0.15) is 48.9 Å². The van der Waals surface area contributed by atoms with Crippen molar-refractivity contribution in [3.8, 4) is 0 Å². The highest BCUT2D eigenvalue weighted by Gasteiger charge is 2.27. The van der Waals surface area contributed by atoms with Gasteiger partial charge in [0.25, 0.3) is 0 Å². The molecule has 6 heteroatoms. The van der Waals surface area contributed by atoms with Crippen LogP contribution in [0.2, 0.25) is 0 Å². The fourth-order valence-electron chi connectivity index (χ4n) is 3.71. The maximum atomic E-state index is 5.65. The third kappa shape index (κ3) is 3.29. The van der Waals surface area contributed by atoms with Crippen molar-refractivity contribution in [2.45, 2.75) is 51.0 Å². The molecule has 6 nitrogen and oxygen atoms in total. The van der Waals surface area contributed by atoms with E-state index in [1.807, 2.05) is 12.4 Å². The molecule has 2 aliphatic heterocycles. The fourth-order valence-corrected chi connectivity index (χ4v) is 3.71. The number of hydrogen-bond acceptors (Lipinski definition) is 6. The summed E-state index contributed by atoms with van der Waals surface area (Å²) in [6.45, 7) is 5.00. The second kappa shape index (κ2) is 6.89. The summed E-state index contributed by atoms with van der Waals surface area (Å²) in [5, 5.41) is 4.16. The minimum atomic E-state index is 0.270. The van der Waals surface area contributed by atoms with Crippen molar-refractivity contribution in [1.29, 1.82) is 0 Å². The van der Waals surface area contributed by atoms with E-state index in [0.717, 1.165) is 63.5 Å². The molecule has 24 heavy (non-hydrogen) atoms. The van der Waals surface area contributed by atoms with Crippen LogP contribution in [0, 0.1) is 6.92 Å². The molecule has 0 saturated carbocycles. The minimum absolute atomic E-state index is 0.270. The van der Waals surface area contributed by atoms with Gasteiger partial charge >= 0.3 is 0 Å². The second-order valence-corrected chi connectivity index (χ2v) is 6.81. The zero-order chi connectivity index (χ0) is 16.4. The molecule has 1 atom stereocenters. The molecular weight excluding hydrogens is 304 g/mol. The Morgan fingerprint density at radius 2 is 2.12 bits per heavy atom. The molecule has 2 fully saturated rings. The number of pyridine rings is 1. The van der Waals surface area contributed by atoms with E-state index in [4.69, 9.17) is 9.26 Å². The Bertz CT molecular complexity index is 673. The lowest BCUT2D eigenvalue weighted by molar-refractivity contribution is 0.109. The van der Waals surface area contributed by atoms with Gasteiger partial charge in [0.1, 0.15) is 0 Å². The van der Waals surface area contributed by atoms with Gasteiger partial charge in [-0.25, -0.2) is 0 Å². The molecule has 2 aromatic rings. The summed E-state index contributed by atoms with van der Waals surface area (Å²) >= 11 is 0. The van der Waals surface area contributed by atoms with Crippen molar-refractivity contribution in [3.63, 3.8) is 0 Å². The number of anilines is 1. The standard InChI is InChI=1S/C18H24N4O2/c1-13-12-19-7-4-16(13)22-8-5-14(6-9-22)18-20-17(21-24-18)11-15-3-2-10-23-15/h4,7,12,14-15H,2-3,5-6,8-11H2,1H3. The molecule has 0 amide bonds. The van der Waals surface area contributed by atoms with Gasteiger partial charge in [-0.05, 0) is 44.2 Å². The van der Waals surface area contributed by atoms with E-state index in [9.17, 15) is 0 Å². The number of piperidine rings is 1. The summed E-state index contributed by atoms with van der Waals surface area (Å²) < 4.78 is 11.2. The molecule has 2 aliphatic rings. The molecule has 2 saturated heterocycles. The zero-order valence-corrected chi connectivity index (χ0v) is 14.1. The Kier molecular flexibility index (Phi) is 4.47. The summed E-state index contributed by atoms with van der Waals surface area (Å²) in [5.41, 5.74) is 2.51. The third-order valence-electron chi connectivity index (χ3n) is 5.09. The van der Waals surface area contributed by atoms with Crippen LogP contribution in [0.5, 0.6) is 0 Å². The van der Waals surface area contributed by atoms with Gasteiger partial charge in [-0.2, -0.15) is 4.98 Å². The summed E-state index contributed by atoms with van der Waals surface area (Å²) in [5.74, 6) is 1.97. The lowest BCUT2D eigenvalue weighted by atomic mass is 9.96. The Balaban J connectivity index is 1.36. The average molecular weight is 328 g/mol. The molecule has 128 valence electrons. The topological polar surface area (TPSA) is 64.3 Å². The quantitative estimate of drug-likeness (QED) is 0.860. The first-order valence-electron chi connectivity index (χ1n) is 8.89. The normalized spacial score (nSPS) is 22.2. The third-order valence-corrected chi connectivity index (χ3v) is 5.09. The van der Waals surface area contributed by atoms with Gasteiger partial charge in [0.15, 0.2) is 5.82 Å². The Morgan fingerprint density at radius 1 is 1.25 bits per heavy atom. The number of nitrogens with zero attached hydrogens (tertiary/aromatic N) is 4. The summed E-state index contributed by atoms with van der Waals surface area (Å²) in [4.78, 5) is 11.2. The van der Waals surface area contributed by atoms with Crippen molar-refractivity contribution < 1.29 is 9.26 Å². The van der Waals surface area contributed by atoms with Crippen LogP contribution in [0.15, 0.2) is 23.0 Å². The van der Waals surface area contributed by atoms with E-state index in [1.165, 1.54) is 11.3 Å². The van der Waals surface area contributed by atoms with Gasteiger partial charge in [0, 0.05) is 50.1 Å². The molecule has 4 rings (SSSR count). The lowest BCUT2D eigenvalue weighted by Crippen LogP contribution is -2.33. The predicted octanol–water partition coefficient (Wildman–Crippen LogP) is 2.88. The van der Waals surface area contributed by atoms with Gasteiger partial charge in [-0.15, -0.1) is 0 Å². The summed E-state index contributed by atoms with van der Waals surface area (Å²) in [6.07, 6.45) is 9.17. The van der Waals surface area contributed by atoms with Crippen molar-refractivity contribution in [3.05, 3.63) is 35.7 Å². The van der Waals surface area contributed by atoms with Crippen LogP contribution >= 0.6 is 0 Å². The van der Waals surface area contributed by atoms with E-state index in [-0.39, 0.29) is 6.10 Å². The predicted molar refractivity (Wildman–Crippen MR) is 90.1 cm³/mol. The highest BCUT2D eigenvalue weighted by atomic mass is 16.5. The van der Waals surface area contributed by atoms with Gasteiger partial charge in [0.05, 0.1) is 6.10 Å². The van der Waals surface area contributed by atoms with E-state index in [1.54, 1.807) is 0 Å². The molecule has 1 unspecified atom stereocenters. The molecular formula is C18H24N4O2. The average Bonchev–Trinajstić information content (AvgIpc) is 3.28. The maximum absolute atomic E-state index is 5.65. The number of aryl methyl sites for hydroxylation is 1. The smallest absolute Gasteiger partial charge is 0.229 e. The van der Waals surface area contributed by atoms with Crippen molar-refractivity contribution in [2.75, 3.05) is 24.6 Å². The summed E-state index contributed by atoms with van der Waals surface area (Å²) in [7, 11) is 0. The first-order valence-corrected chi connectivity index (χ1v) is 8.89. The summed E-state index contributed by atoms with van der Waals surface area (Å²) in [6, 6.07) is 2.10. The molecule has 0 aliphatic carbocycles. The van der Waals surface area contributed by atoms with Crippen LogP contribution in [-0.4, -0.2) is 40.9 Å². The van der Waals surface area contributed by atoms with Gasteiger partial charge in [-0.1, -0.05) is 5.16 Å². The Morgan fingerprint density at radius 3 is 2.88 bits per heavy atom. The highest BCUT2D eigenvalue weighted by Crippen LogP contribution is 2.30. The largest absolute Gasteiger partial charge is 0.378 e. The van der Waals surface area contributed by atoms with Gasteiger partial charge in [0.2, 0.25) is 5.89 Å². The van der Waals surface area contributed by atoms with E-state index >= 15 is 0 Å². The van der Waals surface area contributed by atoms with Crippen LogP contribution in [0.3, 0.4) is 0 Å². The molecule has 2 aromatic heterocycles. The zero-order valence-electron chi connectivity index (χ0n) is 14.1. The minimum Gasteiger partial charge on any atom is -0.378 e. The number of aromatic nitrogens is 3. The first-order chi connectivity index (χ1) is 11.8. The van der Waals surface area contributed by atoms with E-state index < -0.39 is 0 Å². The molecule has 4 heterocycles. The van der Waals surface area contributed by atoms with Crippen LogP contribution in [0.25, 0.3) is 0 Å². The first kappa shape index (κ1) is 15.6. The fraction of sp³-hybridized carbons (Fsp3) is 0.611. The van der Waals surface area contributed by atoms with E-state index in [0.29, 0.717) is 5.92 Å². The number of hydrogen-bond donors (Lipinski definition) is 0. The SMILES string of the molecule is Cc1cnccc1N1CCC(c2nc(CC3CCCO3)no2)CC1. The monoisotopic (exact) mass is 328 g/mol. The van der Waals surface area contributed by atoms with Crippen LogP contribution in [0.4, 0.5) is 5.69 Å². The van der Waals surface area contributed by atoms with Gasteiger partial charge in [-0.3, -0.25) is 4.98 Å². The Labute approximate surface area is 142 Å². The maximum Gasteiger partial charge on any atom is 0.229 e. The molecule has 0 bridgehead atoms. The lowest BCUT2D eigenvalue weighted by Gasteiger charge is -2.33. The molecule has 0 N–H and O–H groups in total.